The highest BCUT2D eigenvalue weighted by atomic mass is 16.3. The third kappa shape index (κ3) is 2.31. The topological polar surface area (TPSA) is 46.2 Å². The van der Waals surface area contributed by atoms with Crippen molar-refractivity contribution in [2.24, 2.45) is 0 Å². The van der Waals surface area contributed by atoms with Crippen molar-refractivity contribution >= 4 is 5.69 Å². The van der Waals surface area contributed by atoms with Gasteiger partial charge >= 0.3 is 0 Å². The van der Waals surface area contributed by atoms with Crippen LogP contribution in [0.15, 0.2) is 30.4 Å². The molecule has 0 saturated carbocycles. The van der Waals surface area contributed by atoms with E-state index in [0.717, 1.165) is 17.6 Å². The van der Waals surface area contributed by atoms with E-state index < -0.39 is 0 Å². The van der Waals surface area contributed by atoms with Crippen LogP contribution in [0.5, 0.6) is 5.75 Å². The van der Waals surface area contributed by atoms with E-state index in [1.54, 1.807) is 6.07 Å². The molecule has 0 bridgehead atoms. The first-order valence-electron chi connectivity index (χ1n) is 3.80. The third-order valence-electron chi connectivity index (χ3n) is 1.51. The maximum absolute atomic E-state index is 9.20. The Bertz CT molecular complexity index is 284. The van der Waals surface area contributed by atoms with E-state index in [9.17, 15) is 5.11 Å². The number of rotatable bonds is 2. The second kappa shape index (κ2) is 3.30. The lowest BCUT2D eigenvalue weighted by Crippen LogP contribution is -1.89. The first kappa shape index (κ1) is 8.65. The third-order valence-corrected chi connectivity index (χ3v) is 1.51. The van der Waals surface area contributed by atoms with Crippen LogP contribution in [0.4, 0.5) is 5.69 Å². The van der Waals surface area contributed by atoms with Crippen LogP contribution in [0.3, 0.4) is 0 Å². The van der Waals surface area contributed by atoms with E-state index in [2.05, 4.69) is 6.58 Å². The summed E-state index contributed by atoms with van der Waals surface area (Å²) in [6.45, 7) is 5.73. The first-order valence-corrected chi connectivity index (χ1v) is 3.80. The van der Waals surface area contributed by atoms with E-state index >= 15 is 0 Å². The zero-order valence-electron chi connectivity index (χ0n) is 7.17. The predicted molar refractivity (Wildman–Crippen MR) is 51.0 cm³/mol. The van der Waals surface area contributed by atoms with Crippen LogP contribution in [-0.2, 0) is 6.42 Å². The van der Waals surface area contributed by atoms with Crippen molar-refractivity contribution in [2.75, 3.05) is 5.73 Å². The summed E-state index contributed by atoms with van der Waals surface area (Å²) < 4.78 is 0. The largest absolute Gasteiger partial charge is 0.508 e. The molecule has 0 aliphatic heterocycles. The molecule has 1 rings (SSSR count). The van der Waals surface area contributed by atoms with Crippen LogP contribution in [0, 0.1) is 0 Å². The number of hydrogen-bond donors (Lipinski definition) is 2. The molecule has 0 amide bonds. The highest BCUT2D eigenvalue weighted by Gasteiger charge is 1.97. The van der Waals surface area contributed by atoms with Crippen molar-refractivity contribution in [3.8, 4) is 5.75 Å². The molecule has 0 atom stereocenters. The van der Waals surface area contributed by atoms with Gasteiger partial charge in [0.25, 0.3) is 0 Å². The minimum Gasteiger partial charge on any atom is -0.508 e. The highest BCUT2D eigenvalue weighted by molar-refractivity contribution is 5.47. The molecule has 0 radical (unpaired) electrons. The molecule has 12 heavy (non-hydrogen) atoms. The lowest BCUT2D eigenvalue weighted by molar-refractivity contribution is 0.475. The predicted octanol–water partition coefficient (Wildman–Crippen LogP) is 2.09. The summed E-state index contributed by atoms with van der Waals surface area (Å²) in [4.78, 5) is 0. The van der Waals surface area contributed by atoms with Gasteiger partial charge in [-0.1, -0.05) is 12.2 Å². The molecule has 1 aromatic rings. The Kier molecular flexibility index (Phi) is 2.38. The zero-order chi connectivity index (χ0) is 9.14. The SMILES string of the molecule is C=C(C)Cc1cc(N)cc(O)c1. The van der Waals surface area contributed by atoms with E-state index in [0.29, 0.717) is 5.69 Å². The molecule has 0 aliphatic carbocycles. The molecule has 0 aromatic heterocycles. The molecular weight excluding hydrogens is 150 g/mol. The van der Waals surface area contributed by atoms with Crippen molar-refractivity contribution in [3.05, 3.63) is 35.9 Å². The van der Waals surface area contributed by atoms with Gasteiger partial charge in [-0.3, -0.25) is 0 Å². The van der Waals surface area contributed by atoms with E-state index in [-0.39, 0.29) is 5.75 Å². The van der Waals surface area contributed by atoms with Gasteiger partial charge < -0.3 is 10.8 Å². The number of anilines is 1. The Labute approximate surface area is 72.3 Å². The molecule has 3 N–H and O–H groups in total. The van der Waals surface area contributed by atoms with Gasteiger partial charge in [0.2, 0.25) is 0 Å². The molecular formula is C10H13NO. The van der Waals surface area contributed by atoms with Gasteiger partial charge in [0.15, 0.2) is 0 Å². The smallest absolute Gasteiger partial charge is 0.117 e. The van der Waals surface area contributed by atoms with E-state index in [4.69, 9.17) is 5.73 Å². The summed E-state index contributed by atoms with van der Waals surface area (Å²) in [6.07, 6.45) is 0.762. The lowest BCUT2D eigenvalue weighted by Gasteiger charge is -2.02. The average Bonchev–Trinajstić information content (AvgIpc) is 1.81. The number of aromatic hydroxyl groups is 1. The quantitative estimate of drug-likeness (QED) is 0.518. The summed E-state index contributed by atoms with van der Waals surface area (Å²) in [5.41, 5.74) is 8.19. The summed E-state index contributed by atoms with van der Waals surface area (Å²) >= 11 is 0. The van der Waals surface area contributed by atoms with Crippen LogP contribution >= 0.6 is 0 Å². The monoisotopic (exact) mass is 163 g/mol. The number of allylic oxidation sites excluding steroid dienone is 1. The Balaban J connectivity index is 2.93. The fourth-order valence-electron chi connectivity index (χ4n) is 1.15. The van der Waals surface area contributed by atoms with E-state index in [1.807, 2.05) is 13.0 Å². The maximum Gasteiger partial charge on any atom is 0.117 e. The van der Waals surface area contributed by atoms with Crippen molar-refractivity contribution < 1.29 is 5.11 Å². The number of nitrogens with two attached hydrogens (primary N) is 1. The molecule has 0 unspecified atom stereocenters. The van der Waals surface area contributed by atoms with Crippen LogP contribution in [0.25, 0.3) is 0 Å². The number of phenols is 1. The number of benzene rings is 1. The molecule has 0 heterocycles. The Morgan fingerprint density at radius 2 is 2.17 bits per heavy atom. The molecule has 0 fully saturated rings. The Morgan fingerprint density at radius 1 is 1.50 bits per heavy atom. The number of phenolic OH excluding ortho intramolecular Hbond substituents is 1. The van der Waals surface area contributed by atoms with Crippen molar-refractivity contribution in [1.29, 1.82) is 0 Å². The second-order valence-corrected chi connectivity index (χ2v) is 3.07. The van der Waals surface area contributed by atoms with Gasteiger partial charge in [-0.15, -0.1) is 0 Å². The minimum absolute atomic E-state index is 0.214. The normalized spacial score (nSPS) is 9.75. The number of nitrogen functional groups attached to an aromatic ring is 1. The van der Waals surface area contributed by atoms with Gasteiger partial charge in [0.1, 0.15) is 5.75 Å². The molecule has 0 saturated heterocycles. The zero-order valence-corrected chi connectivity index (χ0v) is 7.17. The summed E-state index contributed by atoms with van der Waals surface area (Å²) in [6, 6.07) is 5.07. The van der Waals surface area contributed by atoms with Gasteiger partial charge in [0.05, 0.1) is 0 Å². The van der Waals surface area contributed by atoms with Crippen LogP contribution in [0.1, 0.15) is 12.5 Å². The second-order valence-electron chi connectivity index (χ2n) is 3.07. The van der Waals surface area contributed by atoms with Crippen molar-refractivity contribution in [3.63, 3.8) is 0 Å². The fraction of sp³-hybridized carbons (Fsp3) is 0.200. The molecule has 0 spiro atoms. The van der Waals surface area contributed by atoms with E-state index in [1.165, 1.54) is 6.07 Å². The fourth-order valence-corrected chi connectivity index (χ4v) is 1.15. The van der Waals surface area contributed by atoms with Gasteiger partial charge in [-0.2, -0.15) is 0 Å². The minimum atomic E-state index is 0.214. The average molecular weight is 163 g/mol. The highest BCUT2D eigenvalue weighted by Crippen LogP contribution is 2.18. The molecule has 2 nitrogen and oxygen atoms in total. The molecule has 2 heteroatoms. The first-order chi connectivity index (χ1) is 5.58. The van der Waals surface area contributed by atoms with Gasteiger partial charge in [-0.05, 0) is 31.0 Å². The van der Waals surface area contributed by atoms with Crippen molar-refractivity contribution in [1.82, 2.24) is 0 Å². The summed E-state index contributed by atoms with van der Waals surface area (Å²) in [5, 5.41) is 9.20. The van der Waals surface area contributed by atoms with Gasteiger partial charge in [-0.25, -0.2) is 0 Å². The standard InChI is InChI=1S/C10H13NO/c1-7(2)3-8-4-9(11)6-10(12)5-8/h4-6,12H,1,3,11H2,2H3. The summed E-state index contributed by atoms with van der Waals surface area (Å²) in [5.74, 6) is 0.214. The Hall–Kier alpha value is -1.44. The van der Waals surface area contributed by atoms with Crippen LogP contribution < -0.4 is 5.73 Å². The van der Waals surface area contributed by atoms with Crippen LogP contribution in [-0.4, -0.2) is 5.11 Å². The van der Waals surface area contributed by atoms with Crippen molar-refractivity contribution in [2.45, 2.75) is 13.3 Å². The van der Waals surface area contributed by atoms with Crippen LogP contribution in [0.2, 0.25) is 0 Å². The molecule has 64 valence electrons. The maximum atomic E-state index is 9.20. The number of hydrogen-bond acceptors (Lipinski definition) is 2. The summed E-state index contributed by atoms with van der Waals surface area (Å²) in [7, 11) is 0. The Morgan fingerprint density at radius 3 is 2.67 bits per heavy atom. The molecule has 0 aliphatic rings. The lowest BCUT2D eigenvalue weighted by atomic mass is 10.1. The van der Waals surface area contributed by atoms with Gasteiger partial charge in [0, 0.05) is 11.8 Å². The molecule has 1 aromatic carbocycles.